The van der Waals surface area contributed by atoms with E-state index in [9.17, 15) is 0 Å². The van der Waals surface area contributed by atoms with Crippen LogP contribution >= 0.6 is 0 Å². The van der Waals surface area contributed by atoms with E-state index in [0.29, 0.717) is 5.92 Å². The minimum absolute atomic E-state index is 0.289. The van der Waals surface area contributed by atoms with Crippen LogP contribution in [0.25, 0.3) is 0 Å². The van der Waals surface area contributed by atoms with Crippen LogP contribution in [0.4, 0.5) is 0 Å². The van der Waals surface area contributed by atoms with Crippen molar-refractivity contribution >= 4 is 0 Å². The molecular formula is C16H25N. The lowest BCUT2D eigenvalue weighted by Crippen LogP contribution is -2.16. The van der Waals surface area contributed by atoms with Gasteiger partial charge in [0.05, 0.1) is 0 Å². The van der Waals surface area contributed by atoms with Crippen LogP contribution in [0, 0.1) is 5.92 Å². The van der Waals surface area contributed by atoms with Crippen molar-refractivity contribution < 1.29 is 0 Å². The lowest BCUT2D eigenvalue weighted by Gasteiger charge is -2.15. The molecule has 0 radical (unpaired) electrons. The van der Waals surface area contributed by atoms with E-state index in [0.717, 1.165) is 0 Å². The molecule has 0 bridgehead atoms. The molecule has 1 aromatic carbocycles. The Hall–Kier alpha value is -0.820. The second-order valence-electron chi connectivity index (χ2n) is 5.39. The van der Waals surface area contributed by atoms with Gasteiger partial charge in [-0.25, -0.2) is 0 Å². The molecule has 2 unspecified atom stereocenters. The van der Waals surface area contributed by atoms with Gasteiger partial charge in [0.1, 0.15) is 0 Å². The first kappa shape index (κ1) is 12.6. The van der Waals surface area contributed by atoms with E-state index in [-0.39, 0.29) is 6.04 Å². The van der Waals surface area contributed by atoms with Crippen molar-refractivity contribution in [1.82, 2.24) is 0 Å². The Morgan fingerprint density at radius 3 is 2.65 bits per heavy atom. The highest BCUT2D eigenvalue weighted by atomic mass is 14.7. The highest BCUT2D eigenvalue weighted by molar-refractivity contribution is 5.35. The maximum Gasteiger partial charge on any atom is 0.0329 e. The van der Waals surface area contributed by atoms with Gasteiger partial charge in [0.2, 0.25) is 0 Å². The summed E-state index contributed by atoms with van der Waals surface area (Å²) in [4.78, 5) is 0. The van der Waals surface area contributed by atoms with Crippen LogP contribution in [0.3, 0.4) is 0 Å². The molecule has 1 nitrogen and oxygen atoms in total. The summed E-state index contributed by atoms with van der Waals surface area (Å²) in [6.45, 7) is 2.27. The third-order valence-corrected chi connectivity index (χ3v) is 4.08. The first-order valence-electron chi connectivity index (χ1n) is 7.16. The summed E-state index contributed by atoms with van der Waals surface area (Å²) in [6, 6.07) is 8.98. The topological polar surface area (TPSA) is 26.0 Å². The Morgan fingerprint density at radius 2 is 1.88 bits per heavy atom. The van der Waals surface area contributed by atoms with Gasteiger partial charge in [-0.15, -0.1) is 0 Å². The van der Waals surface area contributed by atoms with E-state index < -0.39 is 0 Å². The fourth-order valence-corrected chi connectivity index (χ4v) is 3.00. The largest absolute Gasteiger partial charge is 0.324 e. The van der Waals surface area contributed by atoms with E-state index in [4.69, 9.17) is 5.73 Å². The van der Waals surface area contributed by atoms with Crippen LogP contribution in [-0.4, -0.2) is 0 Å². The molecule has 0 heterocycles. The van der Waals surface area contributed by atoms with Crippen LogP contribution in [-0.2, 0) is 6.42 Å². The molecule has 0 fully saturated rings. The summed E-state index contributed by atoms with van der Waals surface area (Å²) in [7, 11) is 0. The zero-order valence-corrected chi connectivity index (χ0v) is 11.0. The Morgan fingerprint density at radius 1 is 1.12 bits per heavy atom. The Labute approximate surface area is 105 Å². The van der Waals surface area contributed by atoms with Crippen LogP contribution < -0.4 is 5.73 Å². The second kappa shape index (κ2) is 6.20. The van der Waals surface area contributed by atoms with Gasteiger partial charge >= 0.3 is 0 Å². The third-order valence-electron chi connectivity index (χ3n) is 4.08. The first-order valence-corrected chi connectivity index (χ1v) is 7.16. The van der Waals surface area contributed by atoms with E-state index in [1.165, 1.54) is 56.1 Å². The van der Waals surface area contributed by atoms with E-state index in [2.05, 4.69) is 31.2 Å². The summed E-state index contributed by atoms with van der Waals surface area (Å²) in [6.07, 6.45) is 9.35. The Kier molecular flexibility index (Phi) is 4.61. The summed E-state index contributed by atoms with van der Waals surface area (Å²) in [5.41, 5.74) is 9.21. The quantitative estimate of drug-likeness (QED) is 0.729. The van der Waals surface area contributed by atoms with Crippen LogP contribution in [0.1, 0.15) is 62.6 Å². The van der Waals surface area contributed by atoms with Gasteiger partial charge in [0.25, 0.3) is 0 Å². The second-order valence-corrected chi connectivity index (χ2v) is 5.39. The summed E-state index contributed by atoms with van der Waals surface area (Å²) >= 11 is 0. The number of benzene rings is 1. The SMILES string of the molecule is CCCCCCCC1Cc2ccccc2C1N. The van der Waals surface area contributed by atoms with Crippen molar-refractivity contribution in [3.63, 3.8) is 0 Å². The standard InChI is InChI=1S/C16H25N/c1-2-3-4-5-6-10-14-12-13-9-7-8-11-15(13)16(14)17/h7-9,11,14,16H,2-6,10,12,17H2,1H3. The van der Waals surface area contributed by atoms with Gasteiger partial charge in [0.15, 0.2) is 0 Å². The fourth-order valence-electron chi connectivity index (χ4n) is 3.00. The minimum Gasteiger partial charge on any atom is -0.324 e. The van der Waals surface area contributed by atoms with Crippen LogP contribution in [0.2, 0.25) is 0 Å². The van der Waals surface area contributed by atoms with Crippen molar-refractivity contribution in [2.75, 3.05) is 0 Å². The third kappa shape index (κ3) is 3.10. The van der Waals surface area contributed by atoms with E-state index in [1.54, 1.807) is 0 Å². The van der Waals surface area contributed by atoms with Crippen molar-refractivity contribution in [3.8, 4) is 0 Å². The monoisotopic (exact) mass is 231 g/mol. The van der Waals surface area contributed by atoms with Gasteiger partial charge in [-0.3, -0.25) is 0 Å². The Balaban J connectivity index is 1.78. The molecule has 0 amide bonds. The van der Waals surface area contributed by atoms with Gasteiger partial charge in [-0.2, -0.15) is 0 Å². The maximum absolute atomic E-state index is 6.33. The summed E-state index contributed by atoms with van der Waals surface area (Å²) in [5.74, 6) is 0.689. The number of fused-ring (bicyclic) bond motifs is 1. The molecule has 1 aliphatic rings. The molecule has 0 saturated heterocycles. The predicted octanol–water partition coefficient (Wildman–Crippen LogP) is 4.22. The van der Waals surface area contributed by atoms with Crippen molar-refractivity contribution in [2.24, 2.45) is 11.7 Å². The predicted molar refractivity (Wildman–Crippen MR) is 73.9 cm³/mol. The smallest absolute Gasteiger partial charge is 0.0329 e. The van der Waals surface area contributed by atoms with E-state index in [1.807, 2.05) is 0 Å². The molecule has 94 valence electrons. The molecule has 2 atom stereocenters. The van der Waals surface area contributed by atoms with Gasteiger partial charge < -0.3 is 5.73 Å². The number of hydrogen-bond donors (Lipinski definition) is 1. The Bertz CT molecular complexity index is 345. The molecule has 0 saturated carbocycles. The molecule has 1 heteroatoms. The first-order chi connectivity index (χ1) is 8.33. The normalized spacial score (nSPS) is 22.7. The maximum atomic E-state index is 6.33. The molecule has 2 N–H and O–H groups in total. The average molecular weight is 231 g/mol. The minimum atomic E-state index is 0.289. The molecule has 0 aliphatic heterocycles. The zero-order chi connectivity index (χ0) is 12.1. The highest BCUT2D eigenvalue weighted by Crippen LogP contribution is 2.36. The molecule has 1 aromatic rings. The molecule has 2 rings (SSSR count). The molecule has 0 spiro atoms. The van der Waals surface area contributed by atoms with Crippen LogP contribution in [0.15, 0.2) is 24.3 Å². The zero-order valence-electron chi connectivity index (χ0n) is 11.0. The number of rotatable bonds is 6. The van der Waals surface area contributed by atoms with Gasteiger partial charge in [0, 0.05) is 6.04 Å². The number of hydrogen-bond acceptors (Lipinski definition) is 1. The lowest BCUT2D eigenvalue weighted by atomic mass is 9.94. The average Bonchev–Trinajstić information content (AvgIpc) is 2.67. The molecular weight excluding hydrogens is 206 g/mol. The van der Waals surface area contributed by atoms with Crippen molar-refractivity contribution in [2.45, 2.75) is 57.9 Å². The van der Waals surface area contributed by atoms with Gasteiger partial charge in [-0.1, -0.05) is 63.3 Å². The van der Waals surface area contributed by atoms with E-state index >= 15 is 0 Å². The fraction of sp³-hybridized carbons (Fsp3) is 0.625. The summed E-state index contributed by atoms with van der Waals surface area (Å²) < 4.78 is 0. The lowest BCUT2D eigenvalue weighted by molar-refractivity contribution is 0.410. The van der Waals surface area contributed by atoms with Crippen molar-refractivity contribution in [1.29, 1.82) is 0 Å². The highest BCUT2D eigenvalue weighted by Gasteiger charge is 2.28. The van der Waals surface area contributed by atoms with Crippen LogP contribution in [0.5, 0.6) is 0 Å². The molecule has 17 heavy (non-hydrogen) atoms. The van der Waals surface area contributed by atoms with Crippen molar-refractivity contribution in [3.05, 3.63) is 35.4 Å². The van der Waals surface area contributed by atoms with Gasteiger partial charge in [-0.05, 0) is 29.9 Å². The molecule has 1 aliphatic carbocycles. The summed E-state index contributed by atoms with van der Waals surface area (Å²) in [5, 5.41) is 0. The number of nitrogens with two attached hydrogens (primary N) is 1. The molecule has 0 aromatic heterocycles. The number of unbranched alkanes of at least 4 members (excludes halogenated alkanes) is 4.